The van der Waals surface area contributed by atoms with Crippen LogP contribution < -0.4 is 0 Å². The molecule has 0 spiro atoms. The number of hydrogen-bond donors (Lipinski definition) is 0. The van der Waals surface area contributed by atoms with Crippen molar-refractivity contribution in [3.05, 3.63) is 57.8 Å². The Balaban J connectivity index is 1.33. The average Bonchev–Trinajstić information content (AvgIpc) is 3.31. The Bertz CT molecular complexity index is 889. The third-order valence-corrected chi connectivity index (χ3v) is 7.75. The zero-order chi connectivity index (χ0) is 22.3. The van der Waals surface area contributed by atoms with Crippen molar-refractivity contribution in [1.82, 2.24) is 14.7 Å². The zero-order valence-corrected chi connectivity index (χ0v) is 20.0. The van der Waals surface area contributed by atoms with Crippen LogP contribution in [0.3, 0.4) is 0 Å². The van der Waals surface area contributed by atoms with E-state index in [0.29, 0.717) is 39.1 Å². The maximum atomic E-state index is 13.2. The van der Waals surface area contributed by atoms with Crippen LogP contribution in [0.5, 0.6) is 0 Å². The van der Waals surface area contributed by atoms with Gasteiger partial charge in [-0.3, -0.25) is 14.5 Å². The number of amides is 2. The summed E-state index contributed by atoms with van der Waals surface area (Å²) in [6, 6.07) is 12.9. The molecule has 1 aromatic carbocycles. The smallest absolute Gasteiger partial charge is 0.236 e. The summed E-state index contributed by atoms with van der Waals surface area (Å²) < 4.78 is 0. The van der Waals surface area contributed by atoms with Crippen LogP contribution in [0.15, 0.2) is 41.8 Å². The van der Waals surface area contributed by atoms with Crippen LogP contribution in [0.4, 0.5) is 0 Å². The molecule has 0 N–H and O–H groups in total. The van der Waals surface area contributed by atoms with Gasteiger partial charge in [0.2, 0.25) is 11.8 Å². The summed E-state index contributed by atoms with van der Waals surface area (Å²) in [5.41, 5.74) is 2.59. The molecule has 6 heteroatoms. The summed E-state index contributed by atoms with van der Waals surface area (Å²) in [6.07, 6.45) is 6.14. The number of rotatable bonds is 8. The summed E-state index contributed by atoms with van der Waals surface area (Å²) in [7, 11) is 0. The minimum atomic E-state index is 0.140. The summed E-state index contributed by atoms with van der Waals surface area (Å²) in [5, 5.41) is 2.17. The second-order valence-corrected chi connectivity index (χ2v) is 9.91. The topological polar surface area (TPSA) is 43.9 Å². The number of carbonyl (C=O) groups is 2. The lowest BCUT2D eigenvalue weighted by Crippen LogP contribution is -2.53. The van der Waals surface area contributed by atoms with E-state index in [1.54, 1.807) is 0 Å². The molecule has 0 unspecified atom stereocenters. The van der Waals surface area contributed by atoms with Crippen molar-refractivity contribution in [1.29, 1.82) is 0 Å². The molecule has 0 saturated carbocycles. The van der Waals surface area contributed by atoms with Crippen molar-refractivity contribution in [3.63, 3.8) is 0 Å². The van der Waals surface area contributed by atoms with Crippen molar-refractivity contribution in [2.24, 2.45) is 0 Å². The van der Waals surface area contributed by atoms with Crippen LogP contribution in [0.1, 0.15) is 61.1 Å². The fourth-order valence-corrected chi connectivity index (χ4v) is 5.81. The Hall–Kier alpha value is -2.18. The van der Waals surface area contributed by atoms with Crippen LogP contribution in [-0.2, 0) is 16.0 Å². The van der Waals surface area contributed by atoms with Gasteiger partial charge in [0.25, 0.3) is 0 Å². The predicted octanol–water partition coefficient (Wildman–Crippen LogP) is 4.34. The molecule has 2 aromatic rings. The standard InChI is InChI=1S/C26H35N3O2S/c1-2-3-4-8-11-24(30)27-15-17-28(18-16-27)25(31)20-29-14-12-23-22(13-19-32-23)26(29)21-9-6-5-7-10-21/h5-7,9-10,13,19,26H,2-4,8,11-12,14-18,20H2,1H3/t26-/m0/s1. The SMILES string of the molecule is CCCCCCC(=O)N1CCN(C(=O)CN2CCc3sccc3[C@@H]2c2ccccc2)CC1. The Morgan fingerprint density at radius 2 is 1.62 bits per heavy atom. The second-order valence-electron chi connectivity index (χ2n) is 8.91. The van der Waals surface area contributed by atoms with E-state index in [0.717, 1.165) is 25.8 Å². The quantitative estimate of drug-likeness (QED) is 0.559. The van der Waals surface area contributed by atoms with Crippen LogP contribution in [0.2, 0.25) is 0 Å². The van der Waals surface area contributed by atoms with Crippen molar-refractivity contribution < 1.29 is 9.59 Å². The molecule has 0 aliphatic carbocycles. The molecule has 32 heavy (non-hydrogen) atoms. The van der Waals surface area contributed by atoms with Gasteiger partial charge >= 0.3 is 0 Å². The van der Waals surface area contributed by atoms with Crippen molar-refractivity contribution >= 4 is 23.2 Å². The fourth-order valence-electron chi connectivity index (χ4n) is 4.90. The Kier molecular flexibility index (Phi) is 7.98. The normalized spacial score (nSPS) is 19.1. The number of fused-ring (bicyclic) bond motifs is 1. The predicted molar refractivity (Wildman–Crippen MR) is 130 cm³/mol. The van der Waals surface area contributed by atoms with Gasteiger partial charge in [-0.05, 0) is 35.4 Å². The van der Waals surface area contributed by atoms with E-state index in [1.165, 1.54) is 28.8 Å². The van der Waals surface area contributed by atoms with E-state index in [9.17, 15) is 9.59 Å². The second kappa shape index (κ2) is 11.1. The van der Waals surface area contributed by atoms with Gasteiger partial charge in [0.05, 0.1) is 12.6 Å². The number of piperazine rings is 1. The van der Waals surface area contributed by atoms with Crippen LogP contribution in [0, 0.1) is 0 Å². The van der Waals surface area contributed by atoms with Gasteiger partial charge in [0.1, 0.15) is 0 Å². The van der Waals surface area contributed by atoms with Gasteiger partial charge in [0.15, 0.2) is 0 Å². The van der Waals surface area contributed by atoms with Gasteiger partial charge in [-0.1, -0.05) is 56.5 Å². The summed E-state index contributed by atoms with van der Waals surface area (Å²) in [6.45, 7) is 6.13. The van der Waals surface area contributed by atoms with E-state index >= 15 is 0 Å². The highest BCUT2D eigenvalue weighted by Gasteiger charge is 2.32. The number of unbranched alkanes of at least 4 members (excludes halogenated alkanes) is 3. The molecule has 5 nitrogen and oxygen atoms in total. The minimum Gasteiger partial charge on any atom is -0.339 e. The lowest BCUT2D eigenvalue weighted by Gasteiger charge is -2.39. The van der Waals surface area contributed by atoms with Crippen LogP contribution in [0.25, 0.3) is 0 Å². The lowest BCUT2D eigenvalue weighted by atomic mass is 9.93. The van der Waals surface area contributed by atoms with Crippen molar-refractivity contribution in [2.45, 2.75) is 51.5 Å². The molecule has 2 amide bonds. The van der Waals surface area contributed by atoms with Gasteiger partial charge < -0.3 is 9.80 Å². The number of nitrogens with zero attached hydrogens (tertiary/aromatic N) is 3. The number of thiophene rings is 1. The van der Waals surface area contributed by atoms with Gasteiger partial charge in [-0.2, -0.15) is 0 Å². The molecule has 0 radical (unpaired) electrons. The molecule has 1 aromatic heterocycles. The van der Waals surface area contributed by atoms with Crippen molar-refractivity contribution in [2.75, 3.05) is 39.3 Å². The summed E-state index contributed by atoms with van der Waals surface area (Å²) in [4.78, 5) is 33.3. The fraction of sp³-hybridized carbons (Fsp3) is 0.538. The van der Waals surface area contributed by atoms with Crippen LogP contribution in [-0.4, -0.2) is 65.8 Å². The summed E-state index contributed by atoms with van der Waals surface area (Å²) >= 11 is 1.82. The molecule has 1 fully saturated rings. The minimum absolute atomic E-state index is 0.140. The Labute approximate surface area is 196 Å². The first-order valence-corrected chi connectivity index (χ1v) is 13.0. The molecule has 3 heterocycles. The first-order chi connectivity index (χ1) is 15.7. The zero-order valence-electron chi connectivity index (χ0n) is 19.2. The third-order valence-electron chi connectivity index (χ3n) is 6.75. The third kappa shape index (κ3) is 5.41. The van der Waals surface area contributed by atoms with Gasteiger partial charge in [-0.25, -0.2) is 0 Å². The lowest BCUT2D eigenvalue weighted by molar-refractivity contribution is -0.140. The molecule has 172 valence electrons. The molecule has 4 rings (SSSR count). The highest BCUT2D eigenvalue weighted by molar-refractivity contribution is 7.10. The van der Waals surface area contributed by atoms with Gasteiger partial charge in [-0.15, -0.1) is 11.3 Å². The highest BCUT2D eigenvalue weighted by Crippen LogP contribution is 2.37. The van der Waals surface area contributed by atoms with E-state index in [1.807, 2.05) is 27.2 Å². The number of hydrogen-bond acceptors (Lipinski definition) is 4. The molecule has 1 saturated heterocycles. The van der Waals surface area contributed by atoms with Crippen LogP contribution >= 0.6 is 11.3 Å². The van der Waals surface area contributed by atoms with E-state index < -0.39 is 0 Å². The molecule has 2 aliphatic heterocycles. The molecule has 2 aliphatic rings. The Morgan fingerprint density at radius 1 is 0.906 bits per heavy atom. The Morgan fingerprint density at radius 3 is 2.34 bits per heavy atom. The number of carbonyl (C=O) groups excluding carboxylic acids is 2. The van der Waals surface area contributed by atoms with E-state index in [4.69, 9.17) is 0 Å². The highest BCUT2D eigenvalue weighted by atomic mass is 32.1. The molecule has 0 bridgehead atoms. The first kappa shape index (κ1) is 23.0. The number of benzene rings is 1. The molecule has 1 atom stereocenters. The maximum absolute atomic E-state index is 13.2. The molecular formula is C26H35N3O2S. The summed E-state index contributed by atoms with van der Waals surface area (Å²) in [5.74, 6) is 0.429. The van der Waals surface area contributed by atoms with Crippen molar-refractivity contribution in [3.8, 4) is 0 Å². The van der Waals surface area contributed by atoms with E-state index in [-0.39, 0.29) is 17.9 Å². The first-order valence-electron chi connectivity index (χ1n) is 12.1. The molecular weight excluding hydrogens is 418 g/mol. The van der Waals surface area contributed by atoms with E-state index in [2.05, 4.69) is 47.5 Å². The van der Waals surface area contributed by atoms with Gasteiger partial charge in [0, 0.05) is 44.0 Å². The largest absolute Gasteiger partial charge is 0.339 e. The maximum Gasteiger partial charge on any atom is 0.236 e. The average molecular weight is 454 g/mol. The monoisotopic (exact) mass is 453 g/mol.